The van der Waals surface area contributed by atoms with Crippen molar-refractivity contribution in [1.29, 1.82) is 0 Å². The molecule has 0 saturated heterocycles. The van der Waals surface area contributed by atoms with Crippen LogP contribution in [0.2, 0.25) is 0 Å². The second-order valence-electron chi connectivity index (χ2n) is 5.47. The average molecular weight is 261 g/mol. The van der Waals surface area contributed by atoms with Crippen molar-refractivity contribution < 1.29 is 9.90 Å². The number of rotatable bonds is 4. The first kappa shape index (κ1) is 14.1. The third-order valence-electron chi connectivity index (χ3n) is 4.02. The van der Waals surface area contributed by atoms with Crippen molar-refractivity contribution in [3.8, 4) is 0 Å². The van der Waals surface area contributed by atoms with E-state index in [9.17, 15) is 9.90 Å². The molecule has 1 aliphatic rings. The summed E-state index contributed by atoms with van der Waals surface area (Å²) in [7, 11) is 0. The van der Waals surface area contributed by atoms with Gasteiger partial charge in [-0.2, -0.15) is 0 Å². The Labute approximate surface area is 115 Å². The first-order valence-electron chi connectivity index (χ1n) is 7.17. The van der Waals surface area contributed by atoms with Crippen molar-refractivity contribution in [1.82, 2.24) is 5.32 Å². The smallest absolute Gasteiger partial charge is 0.223 e. The van der Waals surface area contributed by atoms with Gasteiger partial charge in [-0.1, -0.05) is 24.3 Å². The van der Waals surface area contributed by atoms with E-state index in [0.29, 0.717) is 6.54 Å². The van der Waals surface area contributed by atoms with Gasteiger partial charge in [-0.25, -0.2) is 0 Å². The van der Waals surface area contributed by atoms with Gasteiger partial charge >= 0.3 is 0 Å². The van der Waals surface area contributed by atoms with Crippen molar-refractivity contribution >= 4 is 5.91 Å². The third-order valence-corrected chi connectivity index (χ3v) is 4.02. The van der Waals surface area contributed by atoms with E-state index in [1.807, 2.05) is 12.1 Å². The van der Waals surface area contributed by atoms with Crippen molar-refractivity contribution in [2.45, 2.75) is 45.1 Å². The van der Waals surface area contributed by atoms with E-state index >= 15 is 0 Å². The van der Waals surface area contributed by atoms with Gasteiger partial charge in [0.05, 0.1) is 6.10 Å². The molecule has 1 aliphatic carbocycles. The Morgan fingerprint density at radius 1 is 1.26 bits per heavy atom. The number of benzene rings is 1. The quantitative estimate of drug-likeness (QED) is 0.873. The normalized spacial score (nSPS) is 23.1. The molecule has 19 heavy (non-hydrogen) atoms. The Morgan fingerprint density at radius 2 is 1.95 bits per heavy atom. The lowest BCUT2D eigenvalue weighted by Crippen LogP contribution is -2.35. The van der Waals surface area contributed by atoms with Crippen LogP contribution in [0.1, 0.15) is 36.8 Å². The Bertz CT molecular complexity index is 423. The van der Waals surface area contributed by atoms with Gasteiger partial charge in [0.15, 0.2) is 0 Å². The fourth-order valence-electron chi connectivity index (χ4n) is 2.69. The summed E-state index contributed by atoms with van der Waals surface area (Å²) in [5.41, 5.74) is 2.57. The molecule has 0 aliphatic heterocycles. The zero-order valence-electron chi connectivity index (χ0n) is 11.6. The van der Waals surface area contributed by atoms with Crippen LogP contribution >= 0.6 is 0 Å². The Balaban J connectivity index is 1.74. The van der Waals surface area contributed by atoms with Gasteiger partial charge in [0.25, 0.3) is 0 Å². The standard InChI is InChI=1S/C16H23NO2/c1-12-4-2-3-5-13(12)10-11-17-16(19)14-6-8-15(18)9-7-14/h2-5,14-15,18H,6-11H2,1H3,(H,17,19). The van der Waals surface area contributed by atoms with E-state index in [2.05, 4.69) is 24.4 Å². The second kappa shape index (κ2) is 6.71. The highest BCUT2D eigenvalue weighted by Gasteiger charge is 2.24. The molecular weight excluding hydrogens is 238 g/mol. The number of hydrogen-bond donors (Lipinski definition) is 2. The van der Waals surface area contributed by atoms with Crippen LogP contribution < -0.4 is 5.32 Å². The van der Waals surface area contributed by atoms with Gasteiger partial charge in [0.2, 0.25) is 5.91 Å². The Kier molecular flexibility index (Phi) is 4.97. The molecule has 0 radical (unpaired) electrons. The minimum Gasteiger partial charge on any atom is -0.393 e. The van der Waals surface area contributed by atoms with Crippen LogP contribution in [-0.4, -0.2) is 23.7 Å². The molecule has 0 unspecified atom stereocenters. The van der Waals surface area contributed by atoms with E-state index in [4.69, 9.17) is 0 Å². The number of nitrogens with one attached hydrogen (secondary N) is 1. The van der Waals surface area contributed by atoms with Crippen LogP contribution in [0.3, 0.4) is 0 Å². The molecule has 1 saturated carbocycles. The molecule has 1 aromatic rings. The molecule has 0 heterocycles. The molecule has 104 valence electrons. The lowest BCUT2D eigenvalue weighted by Gasteiger charge is -2.24. The molecule has 3 heteroatoms. The number of aryl methyl sites for hydroxylation is 1. The van der Waals surface area contributed by atoms with Crippen molar-refractivity contribution in [3.05, 3.63) is 35.4 Å². The van der Waals surface area contributed by atoms with Gasteiger partial charge in [-0.15, -0.1) is 0 Å². The van der Waals surface area contributed by atoms with Gasteiger partial charge in [0, 0.05) is 12.5 Å². The van der Waals surface area contributed by atoms with Gasteiger partial charge < -0.3 is 10.4 Å². The lowest BCUT2D eigenvalue weighted by molar-refractivity contribution is -0.126. The molecule has 1 fully saturated rings. The summed E-state index contributed by atoms with van der Waals surface area (Å²) in [6.45, 7) is 2.79. The predicted molar refractivity (Wildman–Crippen MR) is 75.9 cm³/mol. The topological polar surface area (TPSA) is 49.3 Å². The molecule has 2 rings (SSSR count). The third kappa shape index (κ3) is 4.06. The molecular formula is C16H23NO2. The van der Waals surface area contributed by atoms with E-state index in [1.54, 1.807) is 0 Å². The summed E-state index contributed by atoms with van der Waals surface area (Å²) in [5, 5.41) is 12.5. The van der Waals surface area contributed by atoms with Crippen molar-refractivity contribution in [3.63, 3.8) is 0 Å². The minimum absolute atomic E-state index is 0.0975. The maximum absolute atomic E-state index is 12.0. The highest BCUT2D eigenvalue weighted by Crippen LogP contribution is 2.24. The van der Waals surface area contributed by atoms with Gasteiger partial charge in [-0.05, 0) is 50.2 Å². The average Bonchev–Trinajstić information content (AvgIpc) is 2.41. The number of hydrogen-bond acceptors (Lipinski definition) is 2. The number of amides is 1. The molecule has 0 atom stereocenters. The zero-order chi connectivity index (χ0) is 13.7. The molecule has 0 bridgehead atoms. The van der Waals surface area contributed by atoms with E-state index in [-0.39, 0.29) is 17.9 Å². The molecule has 1 amide bonds. The lowest BCUT2D eigenvalue weighted by atomic mass is 9.87. The summed E-state index contributed by atoms with van der Waals surface area (Å²) in [5.74, 6) is 0.251. The molecule has 2 N–H and O–H groups in total. The van der Waals surface area contributed by atoms with E-state index in [1.165, 1.54) is 11.1 Å². The van der Waals surface area contributed by atoms with Crippen LogP contribution in [0.5, 0.6) is 0 Å². The molecule has 3 nitrogen and oxygen atoms in total. The summed E-state index contributed by atoms with van der Waals surface area (Å²) in [4.78, 5) is 12.0. The monoisotopic (exact) mass is 261 g/mol. The van der Waals surface area contributed by atoms with Gasteiger partial charge in [-0.3, -0.25) is 4.79 Å². The van der Waals surface area contributed by atoms with Crippen LogP contribution in [-0.2, 0) is 11.2 Å². The number of carbonyl (C=O) groups is 1. The largest absolute Gasteiger partial charge is 0.393 e. The SMILES string of the molecule is Cc1ccccc1CCNC(=O)C1CCC(O)CC1. The molecule has 1 aromatic carbocycles. The number of aliphatic hydroxyl groups excluding tert-OH is 1. The Morgan fingerprint density at radius 3 is 2.63 bits per heavy atom. The predicted octanol–water partition coefficient (Wildman–Crippen LogP) is 2.20. The summed E-state index contributed by atoms with van der Waals surface area (Å²) in [6, 6.07) is 8.27. The summed E-state index contributed by atoms with van der Waals surface area (Å²) < 4.78 is 0. The number of carbonyl (C=O) groups excluding carboxylic acids is 1. The number of aliphatic hydroxyl groups is 1. The van der Waals surface area contributed by atoms with E-state index < -0.39 is 0 Å². The van der Waals surface area contributed by atoms with Crippen LogP contribution in [0.25, 0.3) is 0 Å². The zero-order valence-corrected chi connectivity index (χ0v) is 11.6. The Hall–Kier alpha value is -1.35. The fraction of sp³-hybridized carbons (Fsp3) is 0.562. The van der Waals surface area contributed by atoms with E-state index in [0.717, 1.165) is 32.1 Å². The van der Waals surface area contributed by atoms with Gasteiger partial charge in [0.1, 0.15) is 0 Å². The molecule has 0 aromatic heterocycles. The first-order chi connectivity index (χ1) is 9.16. The maximum Gasteiger partial charge on any atom is 0.223 e. The van der Waals surface area contributed by atoms with Crippen molar-refractivity contribution in [2.75, 3.05) is 6.54 Å². The highest BCUT2D eigenvalue weighted by molar-refractivity contribution is 5.78. The molecule has 0 spiro atoms. The minimum atomic E-state index is -0.198. The van der Waals surface area contributed by atoms with Crippen LogP contribution in [0, 0.1) is 12.8 Å². The summed E-state index contributed by atoms with van der Waals surface area (Å²) >= 11 is 0. The van der Waals surface area contributed by atoms with Crippen molar-refractivity contribution in [2.24, 2.45) is 5.92 Å². The summed E-state index contributed by atoms with van der Waals surface area (Å²) in [6.07, 6.45) is 3.84. The second-order valence-corrected chi connectivity index (χ2v) is 5.47. The maximum atomic E-state index is 12.0. The highest BCUT2D eigenvalue weighted by atomic mass is 16.3. The van der Waals surface area contributed by atoms with Crippen LogP contribution in [0.4, 0.5) is 0 Å². The van der Waals surface area contributed by atoms with Crippen LogP contribution in [0.15, 0.2) is 24.3 Å². The first-order valence-corrected chi connectivity index (χ1v) is 7.17. The fourth-order valence-corrected chi connectivity index (χ4v) is 2.69.